The highest BCUT2D eigenvalue weighted by Gasteiger charge is 2.40. The maximum atomic E-state index is 12.6. The average molecular weight is 367 g/mol. The van der Waals surface area contributed by atoms with E-state index < -0.39 is 11.6 Å². The predicted octanol–water partition coefficient (Wildman–Crippen LogP) is 2.61. The Morgan fingerprint density at radius 1 is 1.08 bits per heavy atom. The molecule has 1 aromatic carbocycles. The molecule has 0 radical (unpaired) electrons. The predicted molar refractivity (Wildman–Crippen MR) is 96.4 cm³/mol. The summed E-state index contributed by atoms with van der Waals surface area (Å²) in [4.78, 5) is 25.2. The number of thioether (sulfide) groups is 2. The number of nitrogens with zero attached hydrogens (tertiary/aromatic N) is 1. The van der Waals surface area contributed by atoms with Gasteiger partial charge in [-0.05, 0) is 35.6 Å². The highest BCUT2D eigenvalue weighted by molar-refractivity contribution is 8.16. The van der Waals surface area contributed by atoms with Gasteiger partial charge in [0, 0.05) is 31.5 Å². The van der Waals surface area contributed by atoms with Crippen molar-refractivity contribution in [2.24, 2.45) is 0 Å². The van der Waals surface area contributed by atoms with E-state index in [2.05, 4.69) is 0 Å². The molecule has 2 saturated heterocycles. The molecule has 0 saturated carbocycles. The quantitative estimate of drug-likeness (QED) is 0.855. The molecule has 2 aliphatic rings. The second kappa shape index (κ2) is 7.37. The van der Waals surface area contributed by atoms with Crippen molar-refractivity contribution in [3.63, 3.8) is 0 Å². The van der Waals surface area contributed by atoms with Gasteiger partial charge in [-0.3, -0.25) is 4.79 Å². The number of carbonyl (C=O) groups is 2. The smallest absolute Gasteiger partial charge is 0.335 e. The number of hydrogen-bond acceptors (Lipinski definition) is 5. The van der Waals surface area contributed by atoms with Crippen LogP contribution in [0.25, 0.3) is 0 Å². The van der Waals surface area contributed by atoms with Crippen molar-refractivity contribution in [3.8, 4) is 0 Å². The Kier molecular flexibility index (Phi) is 5.42. The van der Waals surface area contributed by atoms with Gasteiger partial charge in [0.25, 0.3) is 5.91 Å². The van der Waals surface area contributed by atoms with Crippen LogP contribution in [-0.4, -0.2) is 57.2 Å². The molecule has 1 amide bonds. The monoisotopic (exact) mass is 367 g/mol. The SMILES string of the molecule is O=C(c1ccc(C2SCCCS2)cc1)N1CCC(O)(C(=O)O)CC1. The maximum Gasteiger partial charge on any atom is 0.335 e. The minimum absolute atomic E-state index is 0.0709. The molecule has 130 valence electrons. The average Bonchev–Trinajstić information content (AvgIpc) is 2.62. The zero-order chi connectivity index (χ0) is 17.2. The topological polar surface area (TPSA) is 77.8 Å². The summed E-state index contributed by atoms with van der Waals surface area (Å²) in [6.07, 6.45) is 1.39. The first-order valence-electron chi connectivity index (χ1n) is 8.08. The van der Waals surface area contributed by atoms with Gasteiger partial charge in [-0.15, -0.1) is 23.5 Å². The van der Waals surface area contributed by atoms with Crippen molar-refractivity contribution < 1.29 is 19.8 Å². The van der Waals surface area contributed by atoms with Crippen LogP contribution in [0.1, 0.15) is 39.8 Å². The van der Waals surface area contributed by atoms with E-state index in [1.807, 2.05) is 47.8 Å². The van der Waals surface area contributed by atoms with Gasteiger partial charge in [0.05, 0.1) is 4.58 Å². The van der Waals surface area contributed by atoms with Gasteiger partial charge in [0.15, 0.2) is 5.60 Å². The van der Waals surface area contributed by atoms with Crippen LogP contribution in [0.4, 0.5) is 0 Å². The Hall–Kier alpha value is -1.18. The Morgan fingerprint density at radius 2 is 1.67 bits per heavy atom. The summed E-state index contributed by atoms with van der Waals surface area (Å²) in [5.74, 6) is 1.05. The summed E-state index contributed by atoms with van der Waals surface area (Å²) < 4.78 is 0.448. The summed E-state index contributed by atoms with van der Waals surface area (Å²) in [7, 11) is 0. The number of aliphatic hydroxyl groups is 1. The molecule has 1 aromatic rings. The molecule has 2 aliphatic heterocycles. The summed E-state index contributed by atoms with van der Waals surface area (Å²) >= 11 is 3.89. The van der Waals surface area contributed by atoms with E-state index in [4.69, 9.17) is 5.11 Å². The third kappa shape index (κ3) is 3.73. The summed E-state index contributed by atoms with van der Waals surface area (Å²) in [6, 6.07) is 7.73. The van der Waals surface area contributed by atoms with Gasteiger partial charge in [-0.25, -0.2) is 4.79 Å². The molecule has 0 aromatic heterocycles. The van der Waals surface area contributed by atoms with Gasteiger partial charge in [-0.2, -0.15) is 0 Å². The van der Waals surface area contributed by atoms with E-state index in [0.717, 1.165) is 0 Å². The molecule has 5 nitrogen and oxygen atoms in total. The molecular weight excluding hydrogens is 346 g/mol. The Bertz CT molecular complexity index is 606. The van der Waals surface area contributed by atoms with Gasteiger partial charge in [0.1, 0.15) is 0 Å². The molecule has 2 heterocycles. The van der Waals surface area contributed by atoms with E-state index in [1.165, 1.54) is 23.5 Å². The fraction of sp³-hybridized carbons (Fsp3) is 0.529. The summed E-state index contributed by atoms with van der Waals surface area (Å²) in [5, 5.41) is 19.0. The number of hydrogen-bond donors (Lipinski definition) is 2. The van der Waals surface area contributed by atoms with Gasteiger partial charge < -0.3 is 15.1 Å². The van der Waals surface area contributed by atoms with Crippen molar-refractivity contribution in [1.29, 1.82) is 0 Å². The number of carboxylic acids is 1. The minimum atomic E-state index is -1.70. The summed E-state index contributed by atoms with van der Waals surface area (Å²) in [5.41, 5.74) is 0.154. The van der Waals surface area contributed by atoms with E-state index in [9.17, 15) is 14.7 Å². The lowest BCUT2D eigenvalue weighted by Crippen LogP contribution is -2.50. The number of aliphatic carboxylic acids is 1. The first kappa shape index (κ1) is 17.6. The minimum Gasteiger partial charge on any atom is -0.479 e. The molecule has 2 N–H and O–H groups in total. The first-order valence-corrected chi connectivity index (χ1v) is 10.2. The zero-order valence-electron chi connectivity index (χ0n) is 13.3. The molecule has 24 heavy (non-hydrogen) atoms. The Balaban J connectivity index is 1.62. The molecule has 0 atom stereocenters. The number of benzene rings is 1. The van der Waals surface area contributed by atoms with E-state index >= 15 is 0 Å². The van der Waals surface area contributed by atoms with Crippen LogP contribution in [0.2, 0.25) is 0 Å². The van der Waals surface area contributed by atoms with Crippen LogP contribution in [0.3, 0.4) is 0 Å². The fourth-order valence-corrected chi connectivity index (χ4v) is 5.83. The Labute approximate surface area is 149 Å². The van der Waals surface area contributed by atoms with Crippen LogP contribution in [0.15, 0.2) is 24.3 Å². The zero-order valence-corrected chi connectivity index (χ0v) is 14.9. The van der Waals surface area contributed by atoms with Crippen LogP contribution >= 0.6 is 23.5 Å². The molecule has 3 rings (SSSR count). The number of amides is 1. The lowest BCUT2D eigenvalue weighted by atomic mass is 9.91. The van der Waals surface area contributed by atoms with Crippen molar-refractivity contribution in [1.82, 2.24) is 4.90 Å². The van der Waals surface area contributed by atoms with Crippen molar-refractivity contribution in [2.75, 3.05) is 24.6 Å². The van der Waals surface area contributed by atoms with Crippen molar-refractivity contribution >= 4 is 35.4 Å². The number of rotatable bonds is 3. The number of carboxylic acid groups (broad SMARTS) is 1. The molecule has 0 unspecified atom stereocenters. The van der Waals surface area contributed by atoms with Crippen LogP contribution in [-0.2, 0) is 4.79 Å². The van der Waals surface area contributed by atoms with E-state index in [-0.39, 0.29) is 31.8 Å². The van der Waals surface area contributed by atoms with Gasteiger partial charge in [0.2, 0.25) is 0 Å². The van der Waals surface area contributed by atoms with Crippen LogP contribution in [0.5, 0.6) is 0 Å². The van der Waals surface area contributed by atoms with Crippen molar-refractivity contribution in [3.05, 3.63) is 35.4 Å². The number of piperidine rings is 1. The van der Waals surface area contributed by atoms with Gasteiger partial charge in [-0.1, -0.05) is 12.1 Å². The molecule has 2 fully saturated rings. The largest absolute Gasteiger partial charge is 0.479 e. The second-order valence-corrected chi connectivity index (χ2v) is 8.90. The summed E-state index contributed by atoms with van der Waals surface area (Å²) in [6.45, 7) is 0.523. The van der Waals surface area contributed by atoms with Gasteiger partial charge >= 0.3 is 5.97 Å². The third-order valence-corrected chi connectivity index (χ3v) is 7.55. The number of carbonyl (C=O) groups excluding carboxylic acids is 1. The number of likely N-dealkylation sites (tertiary alicyclic amines) is 1. The lowest BCUT2D eigenvalue weighted by Gasteiger charge is -2.35. The first-order chi connectivity index (χ1) is 11.5. The lowest BCUT2D eigenvalue weighted by molar-refractivity contribution is -0.162. The molecule has 0 bridgehead atoms. The molecule has 7 heteroatoms. The van der Waals surface area contributed by atoms with Crippen molar-refractivity contribution in [2.45, 2.75) is 29.4 Å². The third-order valence-electron chi connectivity index (χ3n) is 4.53. The van der Waals surface area contributed by atoms with E-state index in [0.29, 0.717) is 10.1 Å². The maximum absolute atomic E-state index is 12.6. The molecule has 0 aliphatic carbocycles. The molecule has 0 spiro atoms. The van der Waals surface area contributed by atoms with Crippen LogP contribution < -0.4 is 0 Å². The molecular formula is C17H21NO4S2. The fourth-order valence-electron chi connectivity index (χ4n) is 2.94. The Morgan fingerprint density at radius 3 is 2.21 bits per heavy atom. The standard InChI is InChI=1S/C17H21NO4S2/c19-14(18-8-6-17(22,7-9-18)16(20)21)12-2-4-13(5-3-12)15-23-10-1-11-24-15/h2-5,15,22H,1,6-11H2,(H,20,21). The van der Waals surface area contributed by atoms with Crippen LogP contribution in [0, 0.1) is 0 Å². The highest BCUT2D eigenvalue weighted by Crippen LogP contribution is 2.43. The normalized spacial score (nSPS) is 21.5. The van der Waals surface area contributed by atoms with E-state index in [1.54, 1.807) is 4.90 Å². The highest BCUT2D eigenvalue weighted by atomic mass is 32.2. The second-order valence-electron chi connectivity index (χ2n) is 6.18.